The molecule has 32 heavy (non-hydrogen) atoms. The summed E-state index contributed by atoms with van der Waals surface area (Å²) in [6, 6.07) is 1.48. The molecule has 5 nitrogen and oxygen atoms in total. The Hall–Kier alpha value is 0.290. The minimum atomic E-state index is -0.987. The van der Waals surface area contributed by atoms with Gasteiger partial charge in [-0.05, 0) is 83.1 Å². The van der Waals surface area contributed by atoms with E-state index < -0.39 is 19.7 Å². The van der Waals surface area contributed by atoms with Gasteiger partial charge >= 0.3 is 0 Å². The molecule has 0 rings (SSSR count). The molecule has 0 saturated heterocycles. The van der Waals surface area contributed by atoms with Gasteiger partial charge in [0, 0.05) is 35.3 Å². The molecule has 0 unspecified atom stereocenters. The van der Waals surface area contributed by atoms with E-state index in [2.05, 4.69) is 92.4 Å². The van der Waals surface area contributed by atoms with E-state index in [1.165, 1.54) is 11.8 Å². The topological polar surface area (TPSA) is 42.0 Å². The van der Waals surface area contributed by atoms with Gasteiger partial charge in [-0.2, -0.15) is 0 Å². The Morgan fingerprint density at radius 1 is 0.750 bits per heavy atom. The Bertz CT molecular complexity index is 536. The molecule has 0 aromatic heterocycles. The van der Waals surface area contributed by atoms with Gasteiger partial charge < -0.3 is 9.26 Å². The monoisotopic (exact) mass is 492 g/mol. The van der Waals surface area contributed by atoms with Gasteiger partial charge in [0.25, 0.3) is 0 Å². The lowest BCUT2D eigenvalue weighted by Crippen LogP contribution is -2.46. The van der Waals surface area contributed by atoms with E-state index in [0.29, 0.717) is 36.5 Å². The summed E-state index contributed by atoms with van der Waals surface area (Å²) >= 11 is 1.36. The summed E-state index contributed by atoms with van der Waals surface area (Å²) in [5.74, 6) is 0.627. The highest BCUT2D eigenvalue weighted by Crippen LogP contribution is 2.53. The van der Waals surface area contributed by atoms with Crippen molar-refractivity contribution in [2.24, 2.45) is 5.41 Å². The molecule has 7 heteroatoms. The van der Waals surface area contributed by atoms with E-state index >= 15 is 0 Å². The Morgan fingerprint density at radius 2 is 1.12 bits per heavy atom. The summed E-state index contributed by atoms with van der Waals surface area (Å²) in [5, 5.41) is 0.197. The van der Waals surface area contributed by atoms with E-state index in [1.54, 1.807) is 0 Å². The lowest BCUT2D eigenvalue weighted by molar-refractivity contribution is -0.117. The molecular weight excluding hydrogens is 439 g/mol. The SMILES string of the molecule is CC(C)N(C(C)C)P(OC(C)(C)COC(C)(C)CSC(=O)C(C)(C)C)N(C(C)C)C(C)C. The molecule has 0 fully saturated rings. The normalized spacial score (nSPS) is 14.3. The van der Waals surface area contributed by atoms with Gasteiger partial charge in [0.15, 0.2) is 13.6 Å². The van der Waals surface area contributed by atoms with E-state index in [-0.39, 0.29) is 10.5 Å². The molecule has 0 radical (unpaired) electrons. The molecule has 0 amide bonds. The second-order valence-corrected chi connectivity index (χ2v) is 14.7. The third-order valence-electron chi connectivity index (χ3n) is 4.81. The number of ether oxygens (including phenoxy) is 1. The fraction of sp³-hybridized carbons (Fsp3) is 0.960. The van der Waals surface area contributed by atoms with Gasteiger partial charge in [-0.25, -0.2) is 9.34 Å². The second kappa shape index (κ2) is 12.8. The molecule has 0 aliphatic carbocycles. The van der Waals surface area contributed by atoms with Crippen LogP contribution in [0.1, 0.15) is 104 Å². The lowest BCUT2D eigenvalue weighted by atomic mass is 10.00. The maximum absolute atomic E-state index is 12.3. The maximum Gasteiger partial charge on any atom is 0.194 e. The Morgan fingerprint density at radius 3 is 1.44 bits per heavy atom. The van der Waals surface area contributed by atoms with E-state index in [4.69, 9.17) is 9.26 Å². The number of carbonyl (C=O) groups is 1. The van der Waals surface area contributed by atoms with Crippen LogP contribution in [0.25, 0.3) is 0 Å². The summed E-state index contributed by atoms with van der Waals surface area (Å²) < 4.78 is 18.2. The molecular formula is C25H53N2O3PS. The van der Waals surface area contributed by atoms with Crippen LogP contribution in [0, 0.1) is 5.41 Å². The molecule has 0 spiro atoms. The highest BCUT2D eigenvalue weighted by Gasteiger charge is 2.39. The smallest absolute Gasteiger partial charge is 0.194 e. The fourth-order valence-electron chi connectivity index (χ4n) is 3.31. The van der Waals surface area contributed by atoms with Crippen molar-refractivity contribution in [1.29, 1.82) is 0 Å². The van der Waals surface area contributed by atoms with Crippen LogP contribution in [-0.4, -0.2) is 62.2 Å². The first-order valence-corrected chi connectivity index (χ1v) is 14.2. The minimum Gasteiger partial charge on any atom is -0.372 e. The molecule has 192 valence electrons. The Labute approximate surface area is 205 Å². The third kappa shape index (κ3) is 11.1. The average molecular weight is 493 g/mol. The van der Waals surface area contributed by atoms with Crippen LogP contribution in [0.3, 0.4) is 0 Å². The van der Waals surface area contributed by atoms with Crippen molar-refractivity contribution in [1.82, 2.24) is 9.34 Å². The molecule has 0 heterocycles. The van der Waals surface area contributed by atoms with Crippen LogP contribution in [-0.2, 0) is 14.1 Å². The average Bonchev–Trinajstić information content (AvgIpc) is 2.55. The fourth-order valence-corrected chi connectivity index (χ4v) is 6.81. The van der Waals surface area contributed by atoms with Crippen LogP contribution in [0.4, 0.5) is 0 Å². The van der Waals surface area contributed by atoms with Crippen molar-refractivity contribution in [2.75, 3.05) is 12.4 Å². The summed E-state index contributed by atoms with van der Waals surface area (Å²) in [4.78, 5) is 12.3. The van der Waals surface area contributed by atoms with E-state index in [1.807, 2.05) is 20.8 Å². The molecule has 0 atom stereocenters. The summed E-state index contributed by atoms with van der Waals surface area (Å²) in [6.45, 7) is 32.6. The molecule has 0 N–H and O–H groups in total. The molecule has 0 bridgehead atoms. The van der Waals surface area contributed by atoms with Gasteiger partial charge in [-0.3, -0.25) is 4.79 Å². The predicted molar refractivity (Wildman–Crippen MR) is 143 cm³/mol. The minimum absolute atomic E-state index is 0.197. The number of hydrogen-bond donors (Lipinski definition) is 0. The summed E-state index contributed by atoms with van der Waals surface area (Å²) in [7, 11) is -0.987. The zero-order chi connectivity index (χ0) is 25.7. The van der Waals surface area contributed by atoms with Gasteiger partial charge in [0.2, 0.25) is 0 Å². The predicted octanol–water partition coefficient (Wildman–Crippen LogP) is 7.35. The molecule has 0 aromatic rings. The molecule has 0 aromatic carbocycles. The Balaban J connectivity index is 5.51. The van der Waals surface area contributed by atoms with Crippen molar-refractivity contribution in [3.8, 4) is 0 Å². The largest absolute Gasteiger partial charge is 0.372 e. The Kier molecular flexibility index (Phi) is 13.0. The summed E-state index contributed by atoms with van der Waals surface area (Å²) in [6.07, 6.45) is 0. The van der Waals surface area contributed by atoms with Crippen LogP contribution in [0.5, 0.6) is 0 Å². The second-order valence-electron chi connectivity index (χ2n) is 12.1. The third-order valence-corrected chi connectivity index (χ3v) is 9.82. The van der Waals surface area contributed by atoms with E-state index in [9.17, 15) is 4.79 Å². The lowest BCUT2D eigenvalue weighted by Gasteiger charge is -2.48. The van der Waals surface area contributed by atoms with Crippen molar-refractivity contribution >= 4 is 25.3 Å². The highest BCUT2D eigenvalue weighted by atomic mass is 32.2. The number of hydrogen-bond acceptors (Lipinski definition) is 6. The zero-order valence-electron chi connectivity index (χ0n) is 23.7. The number of nitrogens with zero attached hydrogens (tertiary/aromatic N) is 2. The van der Waals surface area contributed by atoms with Crippen molar-refractivity contribution < 1.29 is 14.1 Å². The highest BCUT2D eigenvalue weighted by molar-refractivity contribution is 8.13. The molecule has 0 aliphatic heterocycles. The van der Waals surface area contributed by atoms with Gasteiger partial charge in [0.05, 0.1) is 17.8 Å². The number of thioether (sulfide) groups is 1. The van der Waals surface area contributed by atoms with Crippen molar-refractivity contribution in [2.45, 2.75) is 139 Å². The number of carbonyl (C=O) groups excluding carboxylic acids is 1. The molecule has 0 saturated carbocycles. The first-order valence-electron chi connectivity index (χ1n) is 12.1. The maximum atomic E-state index is 12.3. The van der Waals surface area contributed by atoms with Crippen LogP contribution in [0.2, 0.25) is 0 Å². The van der Waals surface area contributed by atoms with Crippen molar-refractivity contribution in [3.63, 3.8) is 0 Å². The van der Waals surface area contributed by atoms with Crippen LogP contribution in [0.15, 0.2) is 0 Å². The number of rotatable bonds is 13. The van der Waals surface area contributed by atoms with Crippen LogP contribution >= 0.6 is 20.2 Å². The summed E-state index contributed by atoms with van der Waals surface area (Å²) in [5.41, 5.74) is -1.22. The van der Waals surface area contributed by atoms with Gasteiger partial charge in [-0.1, -0.05) is 32.5 Å². The zero-order valence-corrected chi connectivity index (χ0v) is 25.4. The van der Waals surface area contributed by atoms with Gasteiger partial charge in [0.1, 0.15) is 0 Å². The van der Waals surface area contributed by atoms with E-state index in [0.717, 1.165) is 0 Å². The standard InChI is InChI=1S/C25H53N2O3PS/c1-18(2)26(19(3)4)31(27(20(5)6)21(7)8)30-24(12,13)16-29-25(14,15)17-32-22(28)23(9,10)11/h18-21H,16-17H2,1-15H3. The van der Waals surface area contributed by atoms with Crippen LogP contribution < -0.4 is 0 Å². The quantitative estimate of drug-likeness (QED) is 0.250. The first-order chi connectivity index (χ1) is 14.2. The first kappa shape index (κ1) is 32.3. The van der Waals surface area contributed by atoms with Gasteiger partial charge in [-0.15, -0.1) is 0 Å². The molecule has 0 aliphatic rings. The van der Waals surface area contributed by atoms with Crippen molar-refractivity contribution in [3.05, 3.63) is 0 Å².